The number of carbonyl (C=O) groups is 2. The highest BCUT2D eigenvalue weighted by molar-refractivity contribution is 6.02. The Hall–Kier alpha value is -2.77. The maximum absolute atomic E-state index is 11.3. The zero-order valence-corrected chi connectivity index (χ0v) is 9.28. The lowest BCUT2D eigenvalue weighted by Gasteiger charge is -2.04. The Labute approximate surface area is 101 Å². The van der Waals surface area contributed by atoms with Gasteiger partial charge in [0.15, 0.2) is 0 Å². The van der Waals surface area contributed by atoms with E-state index >= 15 is 0 Å². The molecule has 0 atom stereocenters. The molecule has 18 heavy (non-hydrogen) atoms. The number of hydrogen-bond donors (Lipinski definition) is 2. The lowest BCUT2D eigenvalue weighted by molar-refractivity contribution is -0.385. The van der Waals surface area contributed by atoms with Gasteiger partial charge in [0, 0.05) is 18.2 Å². The molecule has 94 valence electrons. The van der Waals surface area contributed by atoms with Crippen molar-refractivity contribution in [2.45, 2.75) is 6.92 Å². The average molecular weight is 251 g/mol. The zero-order chi connectivity index (χ0) is 13.7. The maximum atomic E-state index is 11.3. The number of anilines is 1. The Balaban J connectivity index is 2.83. The third kappa shape index (κ3) is 3.67. The number of nitrogens with zero attached hydrogens (tertiary/aromatic N) is 2. The quantitative estimate of drug-likeness (QED) is 0.465. The van der Waals surface area contributed by atoms with E-state index in [9.17, 15) is 19.7 Å². The van der Waals surface area contributed by atoms with E-state index in [1.54, 1.807) is 0 Å². The van der Waals surface area contributed by atoms with Crippen molar-refractivity contribution in [1.29, 1.82) is 0 Å². The molecule has 2 N–H and O–H groups in total. The van der Waals surface area contributed by atoms with Crippen LogP contribution in [-0.2, 0) is 9.59 Å². The third-order valence-corrected chi connectivity index (χ3v) is 1.89. The van der Waals surface area contributed by atoms with Crippen LogP contribution < -0.4 is 5.32 Å². The summed E-state index contributed by atoms with van der Waals surface area (Å²) >= 11 is 0. The highest BCUT2D eigenvalue weighted by atomic mass is 16.6. The van der Waals surface area contributed by atoms with E-state index in [1.807, 2.05) is 0 Å². The second kappa shape index (κ2) is 5.53. The van der Waals surface area contributed by atoms with Crippen LogP contribution in [0.4, 0.5) is 11.5 Å². The number of carbonyl (C=O) groups excluding carboxylic acids is 1. The van der Waals surface area contributed by atoms with Gasteiger partial charge >= 0.3 is 5.97 Å². The van der Waals surface area contributed by atoms with Gasteiger partial charge < -0.3 is 10.4 Å². The second-order valence-corrected chi connectivity index (χ2v) is 3.28. The number of aliphatic carboxylic acids is 1. The topological polar surface area (TPSA) is 122 Å². The largest absolute Gasteiger partial charge is 0.478 e. The SMILES string of the molecule is Cc1cc([N+](=O)[O-])cnc1NC(=O)/C=C/C(=O)O. The van der Waals surface area contributed by atoms with E-state index in [0.29, 0.717) is 11.6 Å². The fraction of sp³-hybridized carbons (Fsp3) is 0.100. The first-order chi connectivity index (χ1) is 8.40. The van der Waals surface area contributed by atoms with Gasteiger partial charge in [-0.2, -0.15) is 0 Å². The van der Waals surface area contributed by atoms with Gasteiger partial charge in [-0.05, 0) is 12.5 Å². The first-order valence-corrected chi connectivity index (χ1v) is 4.73. The van der Waals surface area contributed by atoms with Gasteiger partial charge in [0.05, 0.1) is 4.92 Å². The number of carboxylic acids is 1. The van der Waals surface area contributed by atoms with Crippen molar-refractivity contribution in [2.24, 2.45) is 0 Å². The van der Waals surface area contributed by atoms with Crippen LogP contribution in [0, 0.1) is 17.0 Å². The van der Waals surface area contributed by atoms with Crippen LogP contribution in [-0.4, -0.2) is 26.9 Å². The molecule has 0 saturated heterocycles. The van der Waals surface area contributed by atoms with Crippen molar-refractivity contribution >= 4 is 23.4 Å². The summed E-state index contributed by atoms with van der Waals surface area (Å²) in [6.45, 7) is 1.54. The summed E-state index contributed by atoms with van der Waals surface area (Å²) < 4.78 is 0. The van der Waals surface area contributed by atoms with Gasteiger partial charge in [-0.15, -0.1) is 0 Å². The predicted octanol–water partition coefficient (Wildman–Crippen LogP) is 0.878. The summed E-state index contributed by atoms with van der Waals surface area (Å²) in [5, 5.41) is 21.1. The molecular formula is C10H9N3O5. The summed E-state index contributed by atoms with van der Waals surface area (Å²) in [5.41, 5.74) is 0.216. The Morgan fingerprint density at radius 2 is 2.17 bits per heavy atom. The second-order valence-electron chi connectivity index (χ2n) is 3.28. The molecule has 0 bridgehead atoms. The molecule has 1 rings (SSSR count). The van der Waals surface area contributed by atoms with Gasteiger partial charge in [0.2, 0.25) is 5.91 Å². The highest BCUT2D eigenvalue weighted by Crippen LogP contribution is 2.17. The number of nitrogens with one attached hydrogen (secondary N) is 1. The Morgan fingerprint density at radius 1 is 1.50 bits per heavy atom. The molecule has 0 aliphatic heterocycles. The maximum Gasteiger partial charge on any atom is 0.328 e. The van der Waals surface area contributed by atoms with Crippen LogP contribution in [0.15, 0.2) is 24.4 Å². The molecular weight excluding hydrogens is 242 g/mol. The molecule has 0 aliphatic rings. The summed E-state index contributed by atoms with van der Waals surface area (Å²) in [5.74, 6) is -1.79. The number of pyridine rings is 1. The number of aryl methyl sites for hydroxylation is 1. The molecule has 1 aromatic rings. The van der Waals surface area contributed by atoms with Gasteiger partial charge in [-0.1, -0.05) is 0 Å². The zero-order valence-electron chi connectivity index (χ0n) is 9.28. The van der Waals surface area contributed by atoms with Crippen molar-refractivity contribution in [3.05, 3.63) is 40.1 Å². The summed E-state index contributed by atoms with van der Waals surface area (Å²) in [6, 6.07) is 1.25. The van der Waals surface area contributed by atoms with Crippen molar-refractivity contribution in [1.82, 2.24) is 4.98 Å². The van der Waals surface area contributed by atoms with Crippen LogP contribution in [0.25, 0.3) is 0 Å². The normalized spacial score (nSPS) is 10.3. The number of amides is 1. The van der Waals surface area contributed by atoms with E-state index < -0.39 is 16.8 Å². The van der Waals surface area contributed by atoms with Crippen molar-refractivity contribution in [2.75, 3.05) is 5.32 Å². The fourth-order valence-corrected chi connectivity index (χ4v) is 1.10. The molecule has 0 aliphatic carbocycles. The monoisotopic (exact) mass is 251 g/mol. The standard InChI is InChI=1S/C10H9N3O5/c1-6-4-7(13(17)18)5-11-10(6)12-8(14)2-3-9(15)16/h2-5H,1H3,(H,15,16)(H,11,12,14)/b3-2+. The molecule has 0 radical (unpaired) electrons. The molecule has 8 heteroatoms. The van der Waals surface area contributed by atoms with Gasteiger partial charge in [-0.25, -0.2) is 9.78 Å². The van der Waals surface area contributed by atoms with Gasteiger partial charge in [0.1, 0.15) is 12.0 Å². The van der Waals surface area contributed by atoms with Crippen LogP contribution in [0.1, 0.15) is 5.56 Å². The van der Waals surface area contributed by atoms with Gasteiger partial charge in [-0.3, -0.25) is 14.9 Å². The minimum Gasteiger partial charge on any atom is -0.478 e. The number of hydrogen-bond acceptors (Lipinski definition) is 5. The van der Waals surface area contributed by atoms with Gasteiger partial charge in [0.25, 0.3) is 5.69 Å². The van der Waals surface area contributed by atoms with Crippen molar-refractivity contribution < 1.29 is 19.6 Å². The van der Waals surface area contributed by atoms with Crippen molar-refractivity contribution in [3.8, 4) is 0 Å². The summed E-state index contributed by atoms with van der Waals surface area (Å²) in [6.07, 6.45) is 2.50. The van der Waals surface area contributed by atoms with Crippen LogP contribution in [0.2, 0.25) is 0 Å². The fourth-order valence-electron chi connectivity index (χ4n) is 1.10. The van der Waals surface area contributed by atoms with Crippen LogP contribution in [0.5, 0.6) is 0 Å². The summed E-state index contributed by atoms with van der Waals surface area (Å²) in [7, 11) is 0. The number of nitro groups is 1. The lowest BCUT2D eigenvalue weighted by Crippen LogP contribution is -2.11. The van der Waals surface area contributed by atoms with Crippen LogP contribution >= 0.6 is 0 Å². The first-order valence-electron chi connectivity index (χ1n) is 4.73. The number of rotatable bonds is 4. The predicted molar refractivity (Wildman–Crippen MR) is 61.0 cm³/mol. The molecule has 1 aromatic heterocycles. The third-order valence-electron chi connectivity index (χ3n) is 1.89. The molecule has 0 saturated carbocycles. The Bertz CT molecular complexity index is 538. The molecule has 0 unspecified atom stereocenters. The number of carboxylic acid groups (broad SMARTS) is 1. The summed E-state index contributed by atoms with van der Waals surface area (Å²) in [4.78, 5) is 35.0. The molecule has 8 nitrogen and oxygen atoms in total. The smallest absolute Gasteiger partial charge is 0.328 e. The Morgan fingerprint density at radius 3 is 2.67 bits per heavy atom. The van der Waals surface area contributed by atoms with Crippen molar-refractivity contribution in [3.63, 3.8) is 0 Å². The molecule has 0 aromatic carbocycles. The molecule has 0 spiro atoms. The van der Waals surface area contributed by atoms with E-state index in [4.69, 9.17) is 5.11 Å². The van der Waals surface area contributed by atoms with E-state index in [2.05, 4.69) is 10.3 Å². The first kappa shape index (κ1) is 13.3. The van der Waals surface area contributed by atoms with E-state index in [0.717, 1.165) is 12.3 Å². The Kier molecular flexibility index (Phi) is 4.08. The van der Waals surface area contributed by atoms with E-state index in [1.165, 1.54) is 13.0 Å². The molecule has 1 amide bonds. The average Bonchev–Trinajstić information content (AvgIpc) is 2.29. The lowest BCUT2D eigenvalue weighted by atomic mass is 10.2. The minimum absolute atomic E-state index is 0.139. The minimum atomic E-state index is -1.25. The van der Waals surface area contributed by atoms with E-state index in [-0.39, 0.29) is 11.5 Å². The molecule has 1 heterocycles. The highest BCUT2D eigenvalue weighted by Gasteiger charge is 2.10. The van der Waals surface area contributed by atoms with Crippen LogP contribution in [0.3, 0.4) is 0 Å². The molecule has 0 fully saturated rings. The number of aromatic nitrogens is 1.